The third kappa shape index (κ3) is 2.25. The molecule has 0 spiro atoms. The van der Waals surface area contributed by atoms with Crippen molar-refractivity contribution in [1.82, 2.24) is 14.8 Å². The van der Waals surface area contributed by atoms with Crippen molar-refractivity contribution in [2.24, 2.45) is 0 Å². The van der Waals surface area contributed by atoms with Crippen LogP contribution in [0.4, 0.5) is 10.6 Å². The van der Waals surface area contributed by atoms with Crippen molar-refractivity contribution in [2.45, 2.75) is 19.3 Å². The number of aromatic nitrogens is 1. The quantitative estimate of drug-likeness (QED) is 0.813. The number of urea groups is 1. The lowest BCUT2D eigenvalue weighted by atomic mass is 10.2. The molecule has 2 heterocycles. The van der Waals surface area contributed by atoms with Crippen LogP contribution >= 0.6 is 0 Å². The molecule has 1 aromatic heterocycles. The van der Waals surface area contributed by atoms with Gasteiger partial charge in [0.15, 0.2) is 0 Å². The third-order valence-corrected chi connectivity index (χ3v) is 3.59. The maximum absolute atomic E-state index is 12.0. The highest BCUT2D eigenvalue weighted by Crippen LogP contribution is 2.21. The van der Waals surface area contributed by atoms with Gasteiger partial charge in [-0.25, -0.2) is 9.78 Å². The van der Waals surface area contributed by atoms with E-state index in [0.717, 1.165) is 25.0 Å². The summed E-state index contributed by atoms with van der Waals surface area (Å²) in [4.78, 5) is 30.8. The van der Waals surface area contributed by atoms with Crippen molar-refractivity contribution in [3.05, 3.63) is 23.4 Å². The molecule has 1 aromatic rings. The van der Waals surface area contributed by atoms with Crippen LogP contribution in [0.25, 0.3) is 0 Å². The fourth-order valence-corrected chi connectivity index (χ4v) is 2.48. The molecule has 6 nitrogen and oxygen atoms in total. The Morgan fingerprint density at radius 3 is 2.95 bits per heavy atom. The molecule has 0 atom stereocenters. The zero-order chi connectivity index (χ0) is 13.4. The molecule has 0 radical (unpaired) electrons. The average molecular weight is 260 g/mol. The molecule has 6 heteroatoms. The van der Waals surface area contributed by atoms with Gasteiger partial charge in [-0.2, -0.15) is 0 Å². The Labute approximate surface area is 111 Å². The van der Waals surface area contributed by atoms with Crippen LogP contribution in [0.15, 0.2) is 12.1 Å². The summed E-state index contributed by atoms with van der Waals surface area (Å²) in [6.07, 6.45) is 3.18. The van der Waals surface area contributed by atoms with E-state index in [2.05, 4.69) is 10.3 Å². The molecule has 1 fully saturated rings. The molecule has 0 bridgehead atoms. The third-order valence-electron chi connectivity index (χ3n) is 3.59. The summed E-state index contributed by atoms with van der Waals surface area (Å²) in [7, 11) is 1.68. The number of nitrogens with one attached hydrogen (secondary N) is 1. The second-order valence-electron chi connectivity index (χ2n) is 5.02. The Balaban J connectivity index is 1.68. The fourth-order valence-electron chi connectivity index (χ4n) is 2.48. The van der Waals surface area contributed by atoms with Crippen LogP contribution in [0.2, 0.25) is 0 Å². The van der Waals surface area contributed by atoms with Gasteiger partial charge in [-0.15, -0.1) is 0 Å². The lowest BCUT2D eigenvalue weighted by Gasteiger charge is -2.15. The lowest BCUT2D eigenvalue weighted by Crippen LogP contribution is -2.34. The van der Waals surface area contributed by atoms with Gasteiger partial charge in [0.05, 0.1) is 6.67 Å². The van der Waals surface area contributed by atoms with Gasteiger partial charge in [0.2, 0.25) is 5.91 Å². The van der Waals surface area contributed by atoms with Gasteiger partial charge in [-0.3, -0.25) is 15.0 Å². The second-order valence-corrected chi connectivity index (χ2v) is 5.02. The van der Waals surface area contributed by atoms with Crippen LogP contribution in [0.5, 0.6) is 0 Å². The normalized spacial score (nSPS) is 17.8. The molecule has 1 aliphatic carbocycles. The number of fused-ring (bicyclic) bond motifs is 1. The van der Waals surface area contributed by atoms with Crippen LogP contribution in [0.3, 0.4) is 0 Å². The van der Waals surface area contributed by atoms with Gasteiger partial charge < -0.3 is 4.90 Å². The number of nitrogens with zero attached hydrogens (tertiary/aromatic N) is 3. The monoisotopic (exact) mass is 260 g/mol. The van der Waals surface area contributed by atoms with Gasteiger partial charge in [-0.1, -0.05) is 6.07 Å². The fraction of sp³-hybridized carbons (Fsp3) is 0.462. The highest BCUT2D eigenvalue weighted by atomic mass is 16.2. The molecule has 1 saturated heterocycles. The molecular formula is C13H16N4O2. The smallest absolute Gasteiger partial charge is 0.324 e. The van der Waals surface area contributed by atoms with Crippen molar-refractivity contribution in [2.75, 3.05) is 25.6 Å². The zero-order valence-corrected chi connectivity index (χ0v) is 10.8. The van der Waals surface area contributed by atoms with Crippen LogP contribution in [-0.2, 0) is 17.6 Å². The minimum Gasteiger partial charge on any atom is -0.326 e. The van der Waals surface area contributed by atoms with E-state index >= 15 is 0 Å². The first-order valence-electron chi connectivity index (χ1n) is 6.42. The van der Waals surface area contributed by atoms with Crippen LogP contribution in [-0.4, -0.2) is 47.0 Å². The number of hydrogen-bond acceptors (Lipinski definition) is 3. The molecule has 0 saturated carbocycles. The van der Waals surface area contributed by atoms with E-state index in [-0.39, 0.29) is 18.5 Å². The number of rotatable bonds is 1. The van der Waals surface area contributed by atoms with Crippen LogP contribution < -0.4 is 5.32 Å². The van der Waals surface area contributed by atoms with Gasteiger partial charge in [0.1, 0.15) is 12.4 Å². The molecule has 1 aliphatic heterocycles. The van der Waals surface area contributed by atoms with E-state index in [1.54, 1.807) is 7.05 Å². The van der Waals surface area contributed by atoms with Gasteiger partial charge >= 0.3 is 6.03 Å². The highest BCUT2D eigenvalue weighted by molar-refractivity contribution is 5.93. The Hall–Kier alpha value is -2.11. The Bertz CT molecular complexity index is 543. The molecular weight excluding hydrogens is 244 g/mol. The SMILES string of the molecule is CN1CN(C(=O)Nc2ccc3c(n2)CCC3)CC1=O. The minimum absolute atomic E-state index is 0.0444. The van der Waals surface area contributed by atoms with Crippen LogP contribution in [0, 0.1) is 0 Å². The Morgan fingerprint density at radius 2 is 2.21 bits per heavy atom. The van der Waals surface area contributed by atoms with E-state index < -0.39 is 0 Å². The maximum Gasteiger partial charge on any atom is 0.324 e. The largest absolute Gasteiger partial charge is 0.326 e. The highest BCUT2D eigenvalue weighted by Gasteiger charge is 2.28. The van der Waals surface area contributed by atoms with Crippen molar-refractivity contribution in [1.29, 1.82) is 0 Å². The number of amides is 3. The first kappa shape index (κ1) is 12.0. The molecule has 2 aliphatic rings. The summed E-state index contributed by atoms with van der Waals surface area (Å²) in [5.41, 5.74) is 2.35. The first-order chi connectivity index (χ1) is 9.13. The maximum atomic E-state index is 12.0. The molecule has 3 rings (SSSR count). The summed E-state index contributed by atoms with van der Waals surface area (Å²) < 4.78 is 0. The Kier molecular flexibility index (Phi) is 2.85. The predicted octanol–water partition coefficient (Wildman–Crippen LogP) is 0.834. The predicted molar refractivity (Wildman–Crippen MR) is 69.6 cm³/mol. The summed E-state index contributed by atoms with van der Waals surface area (Å²) in [6.45, 7) is 0.461. The zero-order valence-electron chi connectivity index (χ0n) is 10.8. The second kappa shape index (κ2) is 4.53. The van der Waals surface area contributed by atoms with E-state index in [1.807, 2.05) is 12.1 Å². The number of carbonyl (C=O) groups excluding carboxylic acids is 2. The molecule has 19 heavy (non-hydrogen) atoms. The topological polar surface area (TPSA) is 65.5 Å². The Morgan fingerprint density at radius 1 is 1.37 bits per heavy atom. The standard InChI is InChI=1S/C13H16N4O2/c1-16-8-17(7-12(16)18)13(19)15-11-6-5-9-3-2-4-10(9)14-11/h5-6H,2-4,7-8H2,1H3,(H,14,15,19). The minimum atomic E-state index is -0.275. The van der Waals surface area contributed by atoms with Crippen molar-refractivity contribution in [3.8, 4) is 0 Å². The molecule has 0 aromatic carbocycles. The van der Waals surface area contributed by atoms with Crippen molar-refractivity contribution in [3.63, 3.8) is 0 Å². The number of pyridine rings is 1. The van der Waals surface area contributed by atoms with Crippen molar-refractivity contribution < 1.29 is 9.59 Å². The number of hydrogen-bond donors (Lipinski definition) is 1. The van der Waals surface area contributed by atoms with Crippen LogP contribution in [0.1, 0.15) is 17.7 Å². The van der Waals surface area contributed by atoms with Crippen molar-refractivity contribution >= 4 is 17.8 Å². The number of carbonyl (C=O) groups is 2. The number of likely N-dealkylation sites (N-methyl/N-ethyl adjacent to an activating group) is 1. The van der Waals surface area contributed by atoms with Gasteiger partial charge in [0, 0.05) is 12.7 Å². The van der Waals surface area contributed by atoms with Gasteiger partial charge in [-0.05, 0) is 30.9 Å². The van der Waals surface area contributed by atoms with E-state index in [9.17, 15) is 9.59 Å². The molecule has 0 unspecified atom stereocenters. The first-order valence-corrected chi connectivity index (χ1v) is 6.42. The summed E-state index contributed by atoms with van der Waals surface area (Å²) in [5.74, 6) is 0.518. The van der Waals surface area contributed by atoms with E-state index in [0.29, 0.717) is 12.5 Å². The summed E-state index contributed by atoms with van der Waals surface area (Å²) in [6, 6.07) is 3.57. The summed E-state index contributed by atoms with van der Waals surface area (Å²) >= 11 is 0. The lowest BCUT2D eigenvalue weighted by molar-refractivity contribution is -0.125. The summed E-state index contributed by atoms with van der Waals surface area (Å²) in [5, 5.41) is 2.75. The molecule has 3 amide bonds. The van der Waals surface area contributed by atoms with E-state index in [4.69, 9.17) is 0 Å². The number of aryl methyl sites for hydroxylation is 2. The average Bonchev–Trinajstić information content (AvgIpc) is 2.96. The van der Waals surface area contributed by atoms with Gasteiger partial charge in [0.25, 0.3) is 0 Å². The number of anilines is 1. The van der Waals surface area contributed by atoms with E-state index in [1.165, 1.54) is 15.4 Å². The molecule has 1 N–H and O–H groups in total. The molecule has 100 valence electrons.